The SMILES string of the molecule is O=C(Cc1ccc(F)cc1)C(F)(F)C(F)F. The molecule has 0 aliphatic carbocycles. The molecular weight excluding hydrogens is 231 g/mol. The molecule has 0 heterocycles. The van der Waals surface area contributed by atoms with Crippen molar-refractivity contribution >= 4 is 5.78 Å². The summed E-state index contributed by atoms with van der Waals surface area (Å²) in [5.41, 5.74) is 0.0618. The van der Waals surface area contributed by atoms with Gasteiger partial charge in [-0.3, -0.25) is 4.79 Å². The second kappa shape index (κ2) is 4.59. The minimum atomic E-state index is -4.66. The lowest BCUT2D eigenvalue weighted by atomic mass is 10.1. The number of carbonyl (C=O) groups is 1. The van der Waals surface area contributed by atoms with Gasteiger partial charge in [-0.25, -0.2) is 13.2 Å². The van der Waals surface area contributed by atoms with Gasteiger partial charge in [-0.1, -0.05) is 12.1 Å². The van der Waals surface area contributed by atoms with Crippen LogP contribution in [0.5, 0.6) is 0 Å². The zero-order chi connectivity index (χ0) is 12.3. The minimum absolute atomic E-state index is 0.0618. The number of carbonyl (C=O) groups excluding carboxylic acids is 1. The van der Waals surface area contributed by atoms with Crippen molar-refractivity contribution in [1.82, 2.24) is 0 Å². The maximum Gasteiger partial charge on any atom is 0.364 e. The van der Waals surface area contributed by atoms with E-state index in [1.807, 2.05) is 0 Å². The molecule has 1 rings (SSSR count). The van der Waals surface area contributed by atoms with Crippen LogP contribution in [0.2, 0.25) is 0 Å². The fourth-order valence-corrected chi connectivity index (χ4v) is 1.03. The fraction of sp³-hybridized carbons (Fsp3) is 0.300. The van der Waals surface area contributed by atoms with Crippen LogP contribution in [0.15, 0.2) is 24.3 Å². The van der Waals surface area contributed by atoms with Crippen molar-refractivity contribution < 1.29 is 26.7 Å². The molecule has 88 valence electrons. The van der Waals surface area contributed by atoms with E-state index in [0.717, 1.165) is 24.3 Å². The second-order valence-electron chi connectivity index (χ2n) is 3.15. The first-order valence-electron chi connectivity index (χ1n) is 4.27. The number of benzene rings is 1. The van der Waals surface area contributed by atoms with Crippen LogP contribution < -0.4 is 0 Å². The third kappa shape index (κ3) is 2.77. The van der Waals surface area contributed by atoms with Crippen LogP contribution in [0, 0.1) is 5.82 Å². The molecule has 0 saturated carbocycles. The van der Waals surface area contributed by atoms with E-state index in [0.29, 0.717) is 0 Å². The van der Waals surface area contributed by atoms with Gasteiger partial charge < -0.3 is 0 Å². The van der Waals surface area contributed by atoms with Crippen molar-refractivity contribution in [2.45, 2.75) is 18.8 Å². The number of hydrogen-bond donors (Lipinski definition) is 0. The molecule has 1 nitrogen and oxygen atoms in total. The van der Waals surface area contributed by atoms with Crippen molar-refractivity contribution in [1.29, 1.82) is 0 Å². The average molecular weight is 238 g/mol. The van der Waals surface area contributed by atoms with E-state index >= 15 is 0 Å². The quantitative estimate of drug-likeness (QED) is 0.737. The van der Waals surface area contributed by atoms with E-state index in [-0.39, 0.29) is 5.56 Å². The van der Waals surface area contributed by atoms with Crippen molar-refractivity contribution in [3.63, 3.8) is 0 Å². The maximum absolute atomic E-state index is 12.5. The van der Waals surface area contributed by atoms with E-state index in [4.69, 9.17) is 0 Å². The molecule has 16 heavy (non-hydrogen) atoms. The van der Waals surface area contributed by atoms with Gasteiger partial charge in [0, 0.05) is 6.42 Å². The summed E-state index contributed by atoms with van der Waals surface area (Å²) in [5, 5.41) is 0. The van der Waals surface area contributed by atoms with Crippen LogP contribution in [0.25, 0.3) is 0 Å². The number of halogens is 5. The molecule has 0 atom stereocenters. The highest BCUT2D eigenvalue weighted by Gasteiger charge is 2.47. The number of rotatable bonds is 4. The van der Waals surface area contributed by atoms with Gasteiger partial charge in [0.05, 0.1) is 0 Å². The average Bonchev–Trinajstić information content (AvgIpc) is 2.21. The monoisotopic (exact) mass is 238 g/mol. The fourth-order valence-electron chi connectivity index (χ4n) is 1.03. The van der Waals surface area contributed by atoms with Crippen molar-refractivity contribution in [2.75, 3.05) is 0 Å². The molecular formula is C10H7F5O. The van der Waals surface area contributed by atoms with Crippen LogP contribution in [0.1, 0.15) is 5.56 Å². The molecule has 0 aromatic heterocycles. The van der Waals surface area contributed by atoms with E-state index in [1.54, 1.807) is 0 Å². The highest BCUT2D eigenvalue weighted by Crippen LogP contribution is 2.25. The lowest BCUT2D eigenvalue weighted by molar-refractivity contribution is -0.166. The molecule has 0 unspecified atom stereocenters. The van der Waals surface area contributed by atoms with Crippen molar-refractivity contribution in [3.8, 4) is 0 Å². The predicted octanol–water partition coefficient (Wildman–Crippen LogP) is 2.84. The molecule has 0 aliphatic rings. The lowest BCUT2D eigenvalue weighted by Crippen LogP contribution is -2.37. The first kappa shape index (κ1) is 12.6. The van der Waals surface area contributed by atoms with Gasteiger partial charge in [0.2, 0.25) is 5.78 Å². The van der Waals surface area contributed by atoms with Crippen LogP contribution >= 0.6 is 0 Å². The van der Waals surface area contributed by atoms with E-state index < -0.39 is 30.4 Å². The molecule has 0 spiro atoms. The first-order chi connectivity index (χ1) is 7.34. The summed E-state index contributed by atoms with van der Waals surface area (Å²) >= 11 is 0. The number of Topliss-reactive ketones (excluding diaryl/α,β-unsaturated/α-hetero) is 1. The Balaban J connectivity index is 2.75. The van der Waals surface area contributed by atoms with Gasteiger partial charge in [0.25, 0.3) is 0 Å². The maximum atomic E-state index is 12.5. The zero-order valence-corrected chi connectivity index (χ0v) is 7.89. The normalized spacial score (nSPS) is 11.9. The van der Waals surface area contributed by atoms with Gasteiger partial charge in [-0.05, 0) is 17.7 Å². The summed E-state index contributed by atoms with van der Waals surface area (Å²) in [7, 11) is 0. The van der Waals surface area contributed by atoms with Gasteiger partial charge in [0.15, 0.2) is 0 Å². The Labute approximate surface area is 87.9 Å². The Morgan fingerprint density at radius 1 is 1.19 bits per heavy atom. The topological polar surface area (TPSA) is 17.1 Å². The molecule has 1 aromatic carbocycles. The highest BCUT2D eigenvalue weighted by molar-refractivity contribution is 5.88. The Bertz CT molecular complexity index is 371. The molecule has 0 aliphatic heterocycles. The first-order valence-corrected chi connectivity index (χ1v) is 4.27. The number of hydrogen-bond acceptors (Lipinski definition) is 1. The zero-order valence-electron chi connectivity index (χ0n) is 7.89. The number of ketones is 1. The highest BCUT2D eigenvalue weighted by atomic mass is 19.3. The van der Waals surface area contributed by atoms with Gasteiger partial charge in [0.1, 0.15) is 5.82 Å². The van der Waals surface area contributed by atoms with E-state index in [2.05, 4.69) is 0 Å². The molecule has 0 radical (unpaired) electrons. The standard InChI is InChI=1S/C10H7F5O/c11-7-3-1-6(2-4-7)5-8(16)10(14,15)9(12)13/h1-4,9H,5H2. The molecule has 0 amide bonds. The Morgan fingerprint density at radius 3 is 2.12 bits per heavy atom. The summed E-state index contributed by atoms with van der Waals surface area (Å²) in [5.74, 6) is -7.14. The third-order valence-corrected chi connectivity index (χ3v) is 1.92. The summed E-state index contributed by atoms with van der Waals surface area (Å²) in [6.45, 7) is 0. The Hall–Kier alpha value is -1.46. The smallest absolute Gasteiger partial charge is 0.292 e. The molecule has 0 saturated heterocycles. The minimum Gasteiger partial charge on any atom is -0.292 e. The van der Waals surface area contributed by atoms with E-state index in [9.17, 15) is 26.7 Å². The Kier molecular flexibility index (Phi) is 3.62. The van der Waals surface area contributed by atoms with Crippen molar-refractivity contribution in [3.05, 3.63) is 35.6 Å². The van der Waals surface area contributed by atoms with Gasteiger partial charge in [-0.15, -0.1) is 0 Å². The largest absolute Gasteiger partial charge is 0.364 e. The molecule has 6 heteroatoms. The Morgan fingerprint density at radius 2 is 1.69 bits per heavy atom. The van der Waals surface area contributed by atoms with Crippen LogP contribution in [-0.2, 0) is 11.2 Å². The second-order valence-corrected chi connectivity index (χ2v) is 3.15. The molecule has 1 aromatic rings. The van der Waals surface area contributed by atoms with Crippen LogP contribution in [0.4, 0.5) is 22.0 Å². The summed E-state index contributed by atoms with van der Waals surface area (Å²) in [4.78, 5) is 10.8. The lowest BCUT2D eigenvalue weighted by Gasteiger charge is -2.13. The predicted molar refractivity (Wildman–Crippen MR) is 46.1 cm³/mol. The summed E-state index contributed by atoms with van der Waals surface area (Å²) in [6.07, 6.45) is -4.88. The van der Waals surface area contributed by atoms with Gasteiger partial charge in [-0.2, -0.15) is 8.78 Å². The summed E-state index contributed by atoms with van der Waals surface area (Å²) in [6, 6.07) is 4.11. The molecule has 0 bridgehead atoms. The summed E-state index contributed by atoms with van der Waals surface area (Å²) < 4.78 is 61.1. The third-order valence-electron chi connectivity index (χ3n) is 1.92. The number of alkyl halides is 4. The van der Waals surface area contributed by atoms with Gasteiger partial charge >= 0.3 is 12.3 Å². The van der Waals surface area contributed by atoms with Crippen molar-refractivity contribution in [2.24, 2.45) is 0 Å². The van der Waals surface area contributed by atoms with E-state index in [1.165, 1.54) is 0 Å². The van der Waals surface area contributed by atoms with Crippen LogP contribution in [0.3, 0.4) is 0 Å². The molecule has 0 N–H and O–H groups in total. The molecule has 0 fully saturated rings. The van der Waals surface area contributed by atoms with Crippen LogP contribution in [-0.4, -0.2) is 18.1 Å².